The third-order valence-corrected chi connectivity index (χ3v) is 18.7. The van der Waals surface area contributed by atoms with Crippen LogP contribution in [0.4, 0.5) is 11.4 Å². The summed E-state index contributed by atoms with van der Waals surface area (Å²) in [5, 5.41) is 0. The molecule has 0 fully saturated rings. The SMILES string of the molecule is C=C/C=C\C=C(C)C.Cc1ccccc1-c1cc(C2=CCC(C)(N(c3ccc(-c4ccc(-c5c(-c6ccccc6)cccc5C(C)(c5ccccc5)c5ccccc5)cc4)cc3)c3ccc4c(c3)C(C)(C)C3(C)CC=CC=C43)C=C2)ccc1C. The second-order valence-corrected chi connectivity index (χ2v) is 24.6. The fourth-order valence-electron chi connectivity index (χ4n) is 13.4. The zero-order chi connectivity index (χ0) is 58.6. The largest absolute Gasteiger partial charge is 0.332 e. The summed E-state index contributed by atoms with van der Waals surface area (Å²) in [5.41, 5.74) is 25.9. The highest BCUT2D eigenvalue weighted by Crippen LogP contribution is 2.62. The highest BCUT2D eigenvalue weighted by Gasteiger charge is 2.52. The summed E-state index contributed by atoms with van der Waals surface area (Å²) in [6.07, 6.45) is 23.8. The zero-order valence-corrected chi connectivity index (χ0v) is 50.6. The Morgan fingerprint density at radius 2 is 1.11 bits per heavy atom. The van der Waals surface area contributed by atoms with Gasteiger partial charge in [0.05, 0.1) is 5.54 Å². The van der Waals surface area contributed by atoms with E-state index in [1.54, 1.807) is 6.08 Å². The van der Waals surface area contributed by atoms with E-state index in [-0.39, 0.29) is 16.4 Å². The Bertz CT molecular complexity index is 4000. The molecule has 1 heteroatoms. The number of hydrogen-bond donors (Lipinski definition) is 0. The number of benzene rings is 9. The molecular formula is C83H79N. The van der Waals surface area contributed by atoms with Crippen LogP contribution in [0.15, 0.2) is 291 Å². The maximum absolute atomic E-state index is 3.54. The van der Waals surface area contributed by atoms with Gasteiger partial charge in [-0.3, -0.25) is 0 Å². The van der Waals surface area contributed by atoms with E-state index < -0.39 is 5.41 Å². The van der Waals surface area contributed by atoms with Crippen LogP contribution in [0.3, 0.4) is 0 Å². The highest BCUT2D eigenvalue weighted by molar-refractivity contribution is 5.90. The van der Waals surface area contributed by atoms with Gasteiger partial charge in [-0.15, -0.1) is 0 Å². The van der Waals surface area contributed by atoms with Crippen LogP contribution in [0.2, 0.25) is 0 Å². The van der Waals surface area contributed by atoms with Gasteiger partial charge in [-0.05, 0) is 185 Å². The van der Waals surface area contributed by atoms with Gasteiger partial charge in [0, 0.05) is 27.6 Å². The first-order valence-corrected chi connectivity index (χ1v) is 30.0. The van der Waals surface area contributed by atoms with Crippen LogP contribution < -0.4 is 4.90 Å². The molecule has 0 aliphatic heterocycles. The van der Waals surface area contributed by atoms with Crippen molar-refractivity contribution in [3.63, 3.8) is 0 Å². The summed E-state index contributed by atoms with van der Waals surface area (Å²) in [5.74, 6) is 0. The number of nitrogens with zero attached hydrogens (tertiary/aromatic N) is 1. The maximum Gasteiger partial charge on any atom is 0.0643 e. The third kappa shape index (κ3) is 10.7. The van der Waals surface area contributed by atoms with Crippen molar-refractivity contribution in [3.8, 4) is 44.5 Å². The molecule has 0 amide bonds. The topological polar surface area (TPSA) is 3.24 Å². The van der Waals surface area contributed by atoms with Crippen molar-refractivity contribution >= 4 is 22.5 Å². The molecule has 9 aromatic rings. The van der Waals surface area contributed by atoms with Crippen molar-refractivity contribution in [2.24, 2.45) is 5.41 Å². The highest BCUT2D eigenvalue weighted by atomic mass is 15.2. The zero-order valence-electron chi connectivity index (χ0n) is 50.6. The molecule has 0 spiro atoms. The lowest BCUT2D eigenvalue weighted by Crippen LogP contribution is -2.42. The molecular weight excluding hydrogens is 1010 g/mol. The third-order valence-electron chi connectivity index (χ3n) is 18.7. The minimum Gasteiger partial charge on any atom is -0.332 e. The summed E-state index contributed by atoms with van der Waals surface area (Å²) in [4.78, 5) is 2.60. The molecule has 0 aromatic heterocycles. The quantitative estimate of drug-likeness (QED) is 0.0822. The van der Waals surface area contributed by atoms with E-state index in [1.165, 1.54) is 117 Å². The number of rotatable bonds is 13. The molecule has 3 aliphatic rings. The predicted octanol–water partition coefficient (Wildman–Crippen LogP) is 22.6. The van der Waals surface area contributed by atoms with E-state index in [4.69, 9.17) is 0 Å². The van der Waals surface area contributed by atoms with Gasteiger partial charge in [0.15, 0.2) is 0 Å². The minimum absolute atomic E-state index is 0.0385. The van der Waals surface area contributed by atoms with Gasteiger partial charge in [0.1, 0.15) is 0 Å². The van der Waals surface area contributed by atoms with Gasteiger partial charge in [0.2, 0.25) is 0 Å². The van der Waals surface area contributed by atoms with Gasteiger partial charge in [-0.25, -0.2) is 0 Å². The number of anilines is 2. The molecule has 0 saturated heterocycles. The van der Waals surface area contributed by atoms with E-state index in [9.17, 15) is 0 Å². The molecule has 0 radical (unpaired) electrons. The lowest BCUT2D eigenvalue weighted by molar-refractivity contribution is 0.271. The second kappa shape index (κ2) is 23.7. The van der Waals surface area contributed by atoms with Crippen molar-refractivity contribution in [2.45, 2.75) is 91.5 Å². The Labute approximate surface area is 501 Å². The first-order valence-electron chi connectivity index (χ1n) is 30.0. The molecule has 0 saturated carbocycles. The lowest BCUT2D eigenvalue weighted by Gasteiger charge is -2.43. The summed E-state index contributed by atoms with van der Waals surface area (Å²) >= 11 is 0. The number of fused-ring (bicyclic) bond motifs is 3. The molecule has 12 rings (SSSR count). The van der Waals surface area contributed by atoms with Gasteiger partial charge in [-0.2, -0.15) is 0 Å². The van der Waals surface area contributed by atoms with Crippen molar-refractivity contribution < 1.29 is 0 Å². The summed E-state index contributed by atoms with van der Waals surface area (Å²) < 4.78 is 0. The number of aryl methyl sites for hydroxylation is 2. The standard InChI is InChI=1S/C75H67N.C8H12/c1-52-22-17-18-29-64(52)67-50-59(34-33-53(67)2)56-45-48-73(5,49-46-56)76(63-43-44-66-68-31-19-20-47-74(68,6)72(3,4)70(66)51-63)62-41-39-55(40-42-62)54-35-37-58(38-36-54)71-65(57-23-11-8-12-24-57)30-21-32-69(71)75(7,60-25-13-9-14-26-60)61-27-15-10-16-28-61;1-4-5-6-7-8(2)3/h8-46,48,50-51H,47,49H2,1-7H3;4-7H,1H2,2-3H3/b;6-5-. The molecule has 9 aromatic carbocycles. The van der Waals surface area contributed by atoms with Crippen LogP contribution >= 0.6 is 0 Å². The van der Waals surface area contributed by atoms with E-state index in [2.05, 4.69) is 329 Å². The molecule has 84 heavy (non-hydrogen) atoms. The number of allylic oxidation sites excluding steroid dienone is 11. The molecule has 3 aliphatic carbocycles. The minimum atomic E-state index is -0.421. The molecule has 416 valence electrons. The Morgan fingerprint density at radius 3 is 1.74 bits per heavy atom. The first-order chi connectivity index (χ1) is 40.6. The van der Waals surface area contributed by atoms with Gasteiger partial charge >= 0.3 is 0 Å². The van der Waals surface area contributed by atoms with Gasteiger partial charge < -0.3 is 4.90 Å². The van der Waals surface area contributed by atoms with Crippen molar-refractivity contribution in [1.82, 2.24) is 0 Å². The van der Waals surface area contributed by atoms with E-state index in [0.717, 1.165) is 12.8 Å². The Morgan fingerprint density at radius 1 is 0.524 bits per heavy atom. The Hall–Kier alpha value is -9.04. The van der Waals surface area contributed by atoms with Crippen LogP contribution in [-0.2, 0) is 10.8 Å². The van der Waals surface area contributed by atoms with Crippen molar-refractivity contribution in [1.29, 1.82) is 0 Å². The summed E-state index contributed by atoms with van der Waals surface area (Å²) in [7, 11) is 0. The van der Waals surface area contributed by atoms with Crippen molar-refractivity contribution in [2.75, 3.05) is 4.90 Å². The summed E-state index contributed by atoms with van der Waals surface area (Å²) in [6.45, 7) is 24.3. The van der Waals surface area contributed by atoms with E-state index in [1.807, 2.05) is 18.2 Å². The second-order valence-electron chi connectivity index (χ2n) is 24.6. The van der Waals surface area contributed by atoms with E-state index >= 15 is 0 Å². The Kier molecular flexibility index (Phi) is 16.0. The van der Waals surface area contributed by atoms with Crippen LogP contribution in [-0.4, -0.2) is 5.54 Å². The molecule has 1 nitrogen and oxygen atoms in total. The molecule has 0 heterocycles. The van der Waals surface area contributed by atoms with Crippen molar-refractivity contribution in [3.05, 3.63) is 336 Å². The van der Waals surface area contributed by atoms with Crippen LogP contribution in [0.5, 0.6) is 0 Å². The monoisotopic (exact) mass is 1090 g/mol. The van der Waals surface area contributed by atoms with E-state index in [0.29, 0.717) is 0 Å². The fourth-order valence-corrected chi connectivity index (χ4v) is 13.4. The lowest BCUT2D eigenvalue weighted by atomic mass is 9.63. The fraction of sp³-hybridized carbons (Fsp3) is 0.181. The van der Waals surface area contributed by atoms with Crippen LogP contribution in [0.1, 0.15) is 106 Å². The van der Waals surface area contributed by atoms with Crippen LogP contribution in [0.25, 0.3) is 55.7 Å². The first kappa shape index (κ1) is 56.8. The number of hydrogen-bond acceptors (Lipinski definition) is 1. The molecule has 0 N–H and O–H groups in total. The van der Waals surface area contributed by atoms with Gasteiger partial charge in [0.25, 0.3) is 0 Å². The molecule has 0 bridgehead atoms. The summed E-state index contributed by atoms with van der Waals surface area (Å²) in [6, 6.07) is 81.4. The molecule has 2 unspecified atom stereocenters. The average molecular weight is 1090 g/mol. The maximum atomic E-state index is 3.54. The normalized spacial score (nSPS) is 17.5. The average Bonchev–Trinajstić information content (AvgIpc) is 1.79. The molecule has 2 atom stereocenters. The Balaban J connectivity index is 0.000000859. The van der Waals surface area contributed by atoms with Crippen LogP contribution in [0, 0.1) is 19.3 Å². The smallest absolute Gasteiger partial charge is 0.0643 e. The van der Waals surface area contributed by atoms with Gasteiger partial charge in [-0.1, -0.05) is 282 Å². The predicted molar refractivity (Wildman–Crippen MR) is 363 cm³/mol.